The standard InChI is InChI=1S/C26H41NO3/c1-4-7-9-11-12-13-14-16-18-20-26(28)30-25(19-17-15-10-8-5-2)21-22-29-23-24(27)6-3/h2,24-25H,4,6-7,9,11-14,16,18-23,27H2,1,3H3. The zero-order chi connectivity index (χ0) is 22.3. The van der Waals surface area contributed by atoms with E-state index in [0.717, 1.165) is 19.3 Å². The Hall–Kier alpha value is -1.93. The second-order valence-corrected chi connectivity index (χ2v) is 7.62. The van der Waals surface area contributed by atoms with Crippen LogP contribution >= 0.6 is 0 Å². The molecule has 4 nitrogen and oxygen atoms in total. The molecule has 2 N–H and O–H groups in total. The topological polar surface area (TPSA) is 61.6 Å². The van der Waals surface area contributed by atoms with E-state index in [4.69, 9.17) is 21.6 Å². The minimum absolute atomic E-state index is 0.0384. The van der Waals surface area contributed by atoms with E-state index in [9.17, 15) is 4.79 Å². The van der Waals surface area contributed by atoms with Crippen LogP contribution in [0.5, 0.6) is 0 Å². The highest BCUT2D eigenvalue weighted by Crippen LogP contribution is 2.12. The molecule has 0 aliphatic heterocycles. The molecule has 0 spiro atoms. The molecule has 0 bridgehead atoms. The summed E-state index contributed by atoms with van der Waals surface area (Å²) < 4.78 is 11.2. The van der Waals surface area contributed by atoms with Crippen LogP contribution in [0.25, 0.3) is 0 Å². The predicted octanol–water partition coefficient (Wildman–Crippen LogP) is 4.99. The number of esters is 1. The van der Waals surface area contributed by atoms with Crippen molar-refractivity contribution in [2.24, 2.45) is 5.73 Å². The predicted molar refractivity (Wildman–Crippen MR) is 124 cm³/mol. The Morgan fingerprint density at radius 1 is 0.967 bits per heavy atom. The van der Waals surface area contributed by atoms with Crippen LogP contribution in [0.1, 0.15) is 97.3 Å². The lowest BCUT2D eigenvalue weighted by Gasteiger charge is -2.16. The monoisotopic (exact) mass is 415 g/mol. The SMILES string of the molecule is C#CC#CC#CCC(CCOCC(N)CC)OC(=O)CCCCCCCCCCC. The summed E-state index contributed by atoms with van der Waals surface area (Å²) in [6, 6.07) is 0.0384. The largest absolute Gasteiger partial charge is 0.461 e. The zero-order valence-corrected chi connectivity index (χ0v) is 19.1. The normalized spacial score (nSPS) is 11.9. The third-order valence-corrected chi connectivity index (χ3v) is 4.84. The molecular formula is C26H41NO3. The van der Waals surface area contributed by atoms with Crippen LogP contribution in [0.3, 0.4) is 0 Å². The average molecular weight is 416 g/mol. The van der Waals surface area contributed by atoms with Crippen molar-refractivity contribution in [3.8, 4) is 36.0 Å². The second kappa shape index (κ2) is 21.8. The Labute approximate surface area is 185 Å². The lowest BCUT2D eigenvalue weighted by Crippen LogP contribution is -2.26. The van der Waals surface area contributed by atoms with Gasteiger partial charge in [0.1, 0.15) is 6.10 Å². The fourth-order valence-electron chi connectivity index (χ4n) is 2.87. The van der Waals surface area contributed by atoms with E-state index < -0.39 is 0 Å². The maximum absolute atomic E-state index is 12.2. The van der Waals surface area contributed by atoms with Crippen molar-refractivity contribution in [1.29, 1.82) is 0 Å². The van der Waals surface area contributed by atoms with E-state index in [-0.39, 0.29) is 18.1 Å². The molecule has 4 heteroatoms. The van der Waals surface area contributed by atoms with Gasteiger partial charge in [-0.1, -0.05) is 71.1 Å². The Morgan fingerprint density at radius 3 is 2.27 bits per heavy atom. The van der Waals surface area contributed by atoms with Crippen LogP contribution in [0.15, 0.2) is 0 Å². The van der Waals surface area contributed by atoms with Gasteiger partial charge in [0, 0.05) is 25.3 Å². The van der Waals surface area contributed by atoms with Gasteiger partial charge in [-0.2, -0.15) is 0 Å². The van der Waals surface area contributed by atoms with Crippen LogP contribution in [0.2, 0.25) is 0 Å². The smallest absolute Gasteiger partial charge is 0.306 e. The highest BCUT2D eigenvalue weighted by Gasteiger charge is 2.14. The van der Waals surface area contributed by atoms with E-state index in [2.05, 4.69) is 36.5 Å². The summed E-state index contributed by atoms with van der Waals surface area (Å²) in [5, 5.41) is 0. The first-order chi connectivity index (χ1) is 14.6. The van der Waals surface area contributed by atoms with Crippen molar-refractivity contribution in [3.63, 3.8) is 0 Å². The first kappa shape index (κ1) is 28.1. The summed E-state index contributed by atoms with van der Waals surface area (Å²) in [7, 11) is 0. The molecule has 30 heavy (non-hydrogen) atoms. The summed E-state index contributed by atoms with van der Waals surface area (Å²) in [6.07, 6.45) is 18.1. The Kier molecular flexibility index (Phi) is 20.4. The minimum atomic E-state index is -0.297. The van der Waals surface area contributed by atoms with E-state index >= 15 is 0 Å². The minimum Gasteiger partial charge on any atom is -0.461 e. The molecule has 0 aliphatic carbocycles. The summed E-state index contributed by atoms with van der Waals surface area (Å²) >= 11 is 0. The second-order valence-electron chi connectivity index (χ2n) is 7.62. The third kappa shape index (κ3) is 19.4. The molecule has 0 rings (SSSR count). The van der Waals surface area contributed by atoms with E-state index in [0.29, 0.717) is 32.5 Å². The molecule has 0 aliphatic rings. The fraction of sp³-hybridized carbons (Fsp3) is 0.731. The highest BCUT2D eigenvalue weighted by atomic mass is 16.5. The number of terminal acetylenes is 1. The number of rotatable bonds is 18. The molecule has 0 aromatic carbocycles. The van der Waals surface area contributed by atoms with E-state index in [1.54, 1.807) is 0 Å². The summed E-state index contributed by atoms with van der Waals surface area (Å²) in [5.74, 6) is 12.7. The summed E-state index contributed by atoms with van der Waals surface area (Å²) in [4.78, 5) is 12.2. The molecule has 0 saturated heterocycles. The number of unbranched alkanes of at least 4 members (excludes halogenated alkanes) is 8. The van der Waals surface area contributed by atoms with Crippen molar-refractivity contribution in [3.05, 3.63) is 0 Å². The molecule has 0 aromatic heterocycles. The van der Waals surface area contributed by atoms with E-state index in [1.807, 2.05) is 6.92 Å². The van der Waals surface area contributed by atoms with Gasteiger partial charge in [-0.15, -0.1) is 6.42 Å². The Morgan fingerprint density at radius 2 is 1.63 bits per heavy atom. The van der Waals surface area contributed by atoms with Crippen LogP contribution in [-0.2, 0) is 14.3 Å². The molecule has 2 atom stereocenters. The number of carbonyl (C=O) groups excluding carboxylic acids is 1. The quantitative estimate of drug-likeness (QED) is 0.195. The maximum Gasteiger partial charge on any atom is 0.306 e. The Balaban J connectivity index is 4.14. The maximum atomic E-state index is 12.2. The van der Waals surface area contributed by atoms with Gasteiger partial charge in [0.05, 0.1) is 13.2 Å². The molecule has 2 unspecified atom stereocenters. The van der Waals surface area contributed by atoms with Crippen LogP contribution in [-0.4, -0.2) is 31.3 Å². The third-order valence-electron chi connectivity index (χ3n) is 4.84. The fourth-order valence-corrected chi connectivity index (χ4v) is 2.87. The zero-order valence-electron chi connectivity index (χ0n) is 19.1. The molecule has 0 amide bonds. The van der Waals surface area contributed by atoms with Gasteiger partial charge in [0.15, 0.2) is 0 Å². The van der Waals surface area contributed by atoms with Gasteiger partial charge in [-0.25, -0.2) is 0 Å². The van der Waals surface area contributed by atoms with Crippen molar-refractivity contribution < 1.29 is 14.3 Å². The van der Waals surface area contributed by atoms with Crippen molar-refractivity contribution >= 4 is 5.97 Å². The van der Waals surface area contributed by atoms with Gasteiger partial charge < -0.3 is 15.2 Å². The number of nitrogens with two attached hydrogens (primary N) is 1. The van der Waals surface area contributed by atoms with Gasteiger partial charge >= 0.3 is 5.97 Å². The van der Waals surface area contributed by atoms with Gasteiger partial charge in [0.2, 0.25) is 0 Å². The number of ether oxygens (including phenoxy) is 2. The summed E-state index contributed by atoms with van der Waals surface area (Å²) in [5.41, 5.74) is 5.85. The molecule has 0 fully saturated rings. The average Bonchev–Trinajstić information content (AvgIpc) is 2.74. The van der Waals surface area contributed by atoms with Gasteiger partial charge in [-0.3, -0.25) is 4.79 Å². The van der Waals surface area contributed by atoms with E-state index in [1.165, 1.54) is 44.9 Å². The number of carbonyl (C=O) groups is 1. The van der Waals surface area contributed by atoms with Crippen molar-refractivity contribution in [2.45, 2.75) is 109 Å². The lowest BCUT2D eigenvalue weighted by molar-refractivity contribution is -0.149. The first-order valence-corrected chi connectivity index (χ1v) is 11.6. The van der Waals surface area contributed by atoms with Crippen LogP contribution in [0.4, 0.5) is 0 Å². The number of hydrogen-bond donors (Lipinski definition) is 1. The molecule has 0 aromatic rings. The first-order valence-electron chi connectivity index (χ1n) is 11.6. The van der Waals surface area contributed by atoms with Crippen molar-refractivity contribution in [1.82, 2.24) is 0 Å². The molecule has 0 saturated carbocycles. The Bertz CT molecular complexity index is 585. The lowest BCUT2D eigenvalue weighted by atomic mass is 10.1. The highest BCUT2D eigenvalue weighted by molar-refractivity contribution is 5.69. The number of hydrogen-bond acceptors (Lipinski definition) is 4. The molecule has 0 radical (unpaired) electrons. The van der Waals surface area contributed by atoms with Crippen LogP contribution < -0.4 is 5.73 Å². The van der Waals surface area contributed by atoms with Gasteiger partial charge in [0.25, 0.3) is 0 Å². The van der Waals surface area contributed by atoms with Gasteiger partial charge in [-0.05, 0) is 36.5 Å². The summed E-state index contributed by atoms with van der Waals surface area (Å²) in [6.45, 7) is 5.26. The molecule has 168 valence electrons. The molecular weight excluding hydrogens is 374 g/mol. The molecule has 0 heterocycles. The van der Waals surface area contributed by atoms with Crippen LogP contribution in [0, 0.1) is 36.0 Å². The van der Waals surface area contributed by atoms with Crippen molar-refractivity contribution in [2.75, 3.05) is 13.2 Å².